The zero-order valence-electron chi connectivity index (χ0n) is 20.1. The summed E-state index contributed by atoms with van der Waals surface area (Å²) in [5.41, 5.74) is 3.74. The highest BCUT2D eigenvalue weighted by Crippen LogP contribution is 2.26. The Kier molecular flexibility index (Phi) is 7.37. The van der Waals surface area contributed by atoms with Crippen LogP contribution in [0.3, 0.4) is 0 Å². The first kappa shape index (κ1) is 24.8. The third-order valence-corrected chi connectivity index (χ3v) is 9.53. The maximum Gasteiger partial charge on any atom is 0.279 e. The normalized spacial score (nSPS) is 18.0. The van der Waals surface area contributed by atoms with Crippen molar-refractivity contribution >= 4 is 37.5 Å². The number of carbonyl (C=O) groups is 1. The van der Waals surface area contributed by atoms with Crippen molar-refractivity contribution < 1.29 is 17.9 Å². The summed E-state index contributed by atoms with van der Waals surface area (Å²) >= 11 is 1.46. The maximum absolute atomic E-state index is 13.1. The van der Waals surface area contributed by atoms with E-state index in [1.54, 1.807) is 23.5 Å². The summed E-state index contributed by atoms with van der Waals surface area (Å²) in [4.78, 5) is 18.2. The molecule has 0 radical (unpaired) electrons. The number of carbonyl (C=O) groups excluding carboxylic acids is 1. The van der Waals surface area contributed by atoms with Gasteiger partial charge in [-0.25, -0.2) is 8.42 Å². The highest BCUT2D eigenvalue weighted by Gasteiger charge is 2.30. The van der Waals surface area contributed by atoms with E-state index in [2.05, 4.69) is 31.0 Å². The van der Waals surface area contributed by atoms with Gasteiger partial charge in [-0.15, -0.1) is 0 Å². The number of benzene rings is 2. The Morgan fingerprint density at radius 3 is 2.53 bits per heavy atom. The molecule has 2 heterocycles. The van der Waals surface area contributed by atoms with Crippen LogP contribution in [0, 0.1) is 13.8 Å². The molecule has 0 saturated carbocycles. The lowest BCUT2D eigenvalue weighted by atomic mass is 10.1. The highest BCUT2D eigenvalue weighted by molar-refractivity contribution is 7.89. The molecule has 1 amide bonds. The summed E-state index contributed by atoms with van der Waals surface area (Å²) in [6, 6.07) is 10.3. The van der Waals surface area contributed by atoms with E-state index < -0.39 is 15.9 Å². The van der Waals surface area contributed by atoms with Crippen LogP contribution in [0.5, 0.6) is 0 Å². The van der Waals surface area contributed by atoms with E-state index in [1.807, 2.05) is 11.5 Å². The molecule has 4 rings (SSSR count). The van der Waals surface area contributed by atoms with E-state index >= 15 is 0 Å². The van der Waals surface area contributed by atoms with Gasteiger partial charge in [-0.3, -0.25) is 4.79 Å². The summed E-state index contributed by atoms with van der Waals surface area (Å²) < 4.78 is 36.0. The van der Waals surface area contributed by atoms with Gasteiger partial charge in [0, 0.05) is 31.8 Å². The van der Waals surface area contributed by atoms with Crippen LogP contribution in [0.1, 0.15) is 47.7 Å². The van der Waals surface area contributed by atoms with Crippen molar-refractivity contribution in [1.29, 1.82) is 0 Å². The number of sulfonamides is 1. The smallest absolute Gasteiger partial charge is 0.279 e. The molecule has 0 aliphatic carbocycles. The van der Waals surface area contributed by atoms with Crippen LogP contribution in [-0.2, 0) is 21.3 Å². The van der Waals surface area contributed by atoms with Gasteiger partial charge in [-0.05, 0) is 81.1 Å². The minimum Gasteiger partial charge on any atom is -0.383 e. The van der Waals surface area contributed by atoms with Crippen LogP contribution < -0.4 is 4.80 Å². The second kappa shape index (κ2) is 10.1. The van der Waals surface area contributed by atoms with Crippen LogP contribution in [0.25, 0.3) is 10.2 Å². The molecule has 1 aliphatic rings. The Hall–Kier alpha value is -2.33. The first-order valence-electron chi connectivity index (χ1n) is 11.5. The van der Waals surface area contributed by atoms with E-state index in [0.717, 1.165) is 29.5 Å². The standard InChI is InChI=1S/C25H31N3O4S2/c1-17-15-22-23(16-18(17)2)33-25(27(22)13-14-32-4)26-24(29)20-8-10-21(11-9-20)34(30,31)28-12-6-5-7-19(28)3/h8-11,15-16,19H,5-7,12-14H2,1-4H3. The van der Waals surface area contributed by atoms with Crippen LogP contribution in [0.2, 0.25) is 0 Å². The second-order valence-corrected chi connectivity index (χ2v) is 11.7. The summed E-state index contributed by atoms with van der Waals surface area (Å²) in [7, 11) is -1.93. The zero-order chi connectivity index (χ0) is 24.5. The molecule has 1 aromatic heterocycles. The zero-order valence-corrected chi connectivity index (χ0v) is 21.7. The van der Waals surface area contributed by atoms with Gasteiger partial charge in [0.05, 0.1) is 21.7 Å². The van der Waals surface area contributed by atoms with E-state index in [0.29, 0.717) is 30.1 Å². The summed E-state index contributed by atoms with van der Waals surface area (Å²) in [5, 5.41) is 0. The molecule has 1 aliphatic heterocycles. The molecule has 34 heavy (non-hydrogen) atoms. The molecule has 1 fully saturated rings. The molecule has 1 saturated heterocycles. The van der Waals surface area contributed by atoms with Crippen LogP contribution in [-0.4, -0.2) is 49.5 Å². The predicted molar refractivity (Wildman–Crippen MR) is 135 cm³/mol. The van der Waals surface area contributed by atoms with Crippen molar-refractivity contribution in [1.82, 2.24) is 8.87 Å². The van der Waals surface area contributed by atoms with Gasteiger partial charge >= 0.3 is 0 Å². The molecule has 0 N–H and O–H groups in total. The fourth-order valence-corrected chi connectivity index (χ4v) is 7.12. The van der Waals surface area contributed by atoms with Crippen LogP contribution in [0.4, 0.5) is 0 Å². The predicted octanol–water partition coefficient (Wildman–Crippen LogP) is 4.27. The van der Waals surface area contributed by atoms with Gasteiger partial charge in [-0.1, -0.05) is 17.8 Å². The number of hydrogen-bond acceptors (Lipinski definition) is 5. The lowest BCUT2D eigenvalue weighted by Crippen LogP contribution is -2.41. The first-order chi connectivity index (χ1) is 16.2. The number of aromatic nitrogens is 1. The molecule has 1 unspecified atom stereocenters. The SMILES string of the molecule is COCCn1c(=NC(=O)c2ccc(S(=O)(=O)N3CCCCC3C)cc2)sc2cc(C)c(C)cc21. The van der Waals surface area contributed by atoms with E-state index in [1.165, 1.54) is 34.6 Å². The minimum atomic E-state index is -3.58. The number of nitrogens with zero attached hydrogens (tertiary/aromatic N) is 3. The van der Waals surface area contributed by atoms with Gasteiger partial charge in [0.25, 0.3) is 5.91 Å². The molecule has 3 aromatic rings. The van der Waals surface area contributed by atoms with Crippen molar-refractivity contribution in [2.24, 2.45) is 4.99 Å². The van der Waals surface area contributed by atoms with E-state index in [-0.39, 0.29) is 10.9 Å². The molecule has 2 aromatic carbocycles. The molecule has 9 heteroatoms. The van der Waals surface area contributed by atoms with Gasteiger partial charge in [0.15, 0.2) is 4.80 Å². The lowest BCUT2D eigenvalue weighted by Gasteiger charge is -2.32. The number of methoxy groups -OCH3 is 1. The quantitative estimate of drug-likeness (QED) is 0.505. The molecule has 182 valence electrons. The van der Waals surface area contributed by atoms with Crippen molar-refractivity contribution in [2.75, 3.05) is 20.3 Å². The number of thiazole rings is 1. The summed E-state index contributed by atoms with van der Waals surface area (Å²) in [6.45, 7) is 7.69. The second-order valence-electron chi connectivity index (χ2n) is 8.84. The number of rotatable bonds is 6. The molecule has 0 spiro atoms. The lowest BCUT2D eigenvalue weighted by molar-refractivity contribution is 0.0997. The van der Waals surface area contributed by atoms with Crippen molar-refractivity contribution in [3.8, 4) is 0 Å². The third-order valence-electron chi connectivity index (χ3n) is 6.46. The average molecular weight is 502 g/mol. The Balaban J connectivity index is 1.66. The number of piperidine rings is 1. The van der Waals surface area contributed by atoms with E-state index in [9.17, 15) is 13.2 Å². The minimum absolute atomic E-state index is 0.0159. The Bertz CT molecular complexity index is 1370. The Morgan fingerprint density at radius 1 is 1.15 bits per heavy atom. The maximum atomic E-state index is 13.1. The Labute approximate surface area is 204 Å². The number of hydrogen-bond donors (Lipinski definition) is 0. The molecule has 0 bridgehead atoms. The number of amides is 1. The van der Waals surface area contributed by atoms with Crippen LogP contribution in [0.15, 0.2) is 46.3 Å². The number of ether oxygens (including phenoxy) is 1. The summed E-state index contributed by atoms with van der Waals surface area (Å²) in [5.74, 6) is -0.401. The Morgan fingerprint density at radius 2 is 1.85 bits per heavy atom. The van der Waals surface area contributed by atoms with Gasteiger partial charge in [0.1, 0.15) is 0 Å². The topological polar surface area (TPSA) is 81.0 Å². The van der Waals surface area contributed by atoms with Gasteiger partial charge in [0.2, 0.25) is 10.0 Å². The molecule has 7 nitrogen and oxygen atoms in total. The fraction of sp³-hybridized carbons (Fsp3) is 0.440. The summed E-state index contributed by atoms with van der Waals surface area (Å²) in [6.07, 6.45) is 2.78. The van der Waals surface area contributed by atoms with Crippen LogP contribution >= 0.6 is 11.3 Å². The number of fused-ring (bicyclic) bond motifs is 1. The molecule has 1 atom stereocenters. The first-order valence-corrected chi connectivity index (χ1v) is 13.8. The number of aryl methyl sites for hydroxylation is 2. The monoisotopic (exact) mass is 501 g/mol. The van der Waals surface area contributed by atoms with Crippen molar-refractivity contribution in [2.45, 2.75) is 57.5 Å². The molecular formula is C25H31N3O4S2. The average Bonchev–Trinajstić information content (AvgIpc) is 3.13. The van der Waals surface area contributed by atoms with Crippen molar-refractivity contribution in [3.63, 3.8) is 0 Å². The van der Waals surface area contributed by atoms with Gasteiger partial charge in [-0.2, -0.15) is 9.30 Å². The largest absolute Gasteiger partial charge is 0.383 e. The van der Waals surface area contributed by atoms with E-state index in [4.69, 9.17) is 4.74 Å². The third kappa shape index (κ3) is 4.88. The fourth-order valence-electron chi connectivity index (χ4n) is 4.29. The molecular weight excluding hydrogens is 470 g/mol. The van der Waals surface area contributed by atoms with Crippen molar-refractivity contribution in [3.05, 3.63) is 57.9 Å². The highest BCUT2D eigenvalue weighted by atomic mass is 32.2. The van der Waals surface area contributed by atoms with Gasteiger partial charge < -0.3 is 9.30 Å².